The number of aliphatic carboxylic acids is 2. The molecule has 0 bridgehead atoms. The molecule has 5 N–H and O–H groups in total. The van der Waals surface area contributed by atoms with Crippen LogP contribution in [0.25, 0.3) is 0 Å². The lowest BCUT2D eigenvalue weighted by molar-refractivity contribution is -0.141. The highest BCUT2D eigenvalue weighted by molar-refractivity contribution is 5.74. The van der Waals surface area contributed by atoms with Crippen molar-refractivity contribution in [2.75, 3.05) is 13.6 Å². The summed E-state index contributed by atoms with van der Waals surface area (Å²) in [5, 5.41) is 31.1. The number of rotatable bonds is 4. The molecule has 0 aromatic rings. The van der Waals surface area contributed by atoms with E-state index in [1.54, 1.807) is 7.05 Å². The molecule has 106 valence electrons. The highest BCUT2D eigenvalue weighted by atomic mass is 16.4. The van der Waals surface area contributed by atoms with Crippen LogP contribution in [-0.2, 0) is 9.59 Å². The first-order chi connectivity index (χ1) is 8.31. The second-order valence-corrected chi connectivity index (χ2v) is 4.47. The average molecular weight is 262 g/mol. The van der Waals surface area contributed by atoms with Crippen LogP contribution in [0.1, 0.15) is 20.3 Å². The van der Waals surface area contributed by atoms with Gasteiger partial charge in [0.15, 0.2) is 0 Å². The van der Waals surface area contributed by atoms with E-state index in [2.05, 4.69) is 10.6 Å². The van der Waals surface area contributed by atoms with E-state index in [4.69, 9.17) is 15.3 Å². The molecular weight excluding hydrogens is 240 g/mol. The van der Waals surface area contributed by atoms with Crippen molar-refractivity contribution in [2.45, 2.75) is 38.5 Å². The van der Waals surface area contributed by atoms with Crippen molar-refractivity contribution in [3.63, 3.8) is 0 Å². The Kier molecular flexibility index (Phi) is 7.49. The van der Waals surface area contributed by atoms with Crippen molar-refractivity contribution in [2.24, 2.45) is 5.92 Å². The minimum absolute atomic E-state index is 0.146. The number of hydrogen-bond acceptors (Lipinski definition) is 5. The van der Waals surface area contributed by atoms with E-state index in [-0.39, 0.29) is 5.92 Å². The smallest absolute Gasteiger partial charge is 0.323 e. The van der Waals surface area contributed by atoms with Gasteiger partial charge >= 0.3 is 11.9 Å². The maximum Gasteiger partial charge on any atom is 0.323 e. The zero-order chi connectivity index (χ0) is 14.3. The number of hydrogen-bond donors (Lipinski definition) is 5. The SMILES string of the molecule is CNC(C(=O)O)C(C)C.O=C(O)C1NCCC1O. The largest absolute Gasteiger partial charge is 0.480 e. The van der Waals surface area contributed by atoms with Crippen molar-refractivity contribution >= 4 is 11.9 Å². The lowest BCUT2D eigenvalue weighted by Gasteiger charge is -2.13. The van der Waals surface area contributed by atoms with Crippen LogP contribution in [0.4, 0.5) is 0 Å². The summed E-state index contributed by atoms with van der Waals surface area (Å²) in [6, 6.07) is -1.16. The quantitative estimate of drug-likeness (QED) is 0.446. The molecule has 1 fully saturated rings. The molecule has 0 aromatic heterocycles. The Morgan fingerprint density at radius 2 is 1.89 bits per heavy atom. The van der Waals surface area contributed by atoms with Crippen molar-refractivity contribution in [1.29, 1.82) is 0 Å². The van der Waals surface area contributed by atoms with Gasteiger partial charge in [0.1, 0.15) is 12.1 Å². The molecule has 1 heterocycles. The molecular formula is C11H22N2O5. The van der Waals surface area contributed by atoms with Gasteiger partial charge in [0, 0.05) is 0 Å². The van der Waals surface area contributed by atoms with Crippen LogP contribution >= 0.6 is 0 Å². The van der Waals surface area contributed by atoms with E-state index < -0.39 is 30.1 Å². The van der Waals surface area contributed by atoms with Gasteiger partial charge in [-0.3, -0.25) is 9.59 Å². The molecule has 7 nitrogen and oxygen atoms in total. The third-order valence-corrected chi connectivity index (χ3v) is 2.70. The summed E-state index contributed by atoms with van der Waals surface area (Å²) < 4.78 is 0. The topological polar surface area (TPSA) is 119 Å². The number of carboxylic acids is 2. The molecule has 1 aliphatic heterocycles. The normalized spacial score (nSPS) is 24.3. The molecule has 0 aliphatic carbocycles. The number of aliphatic hydroxyl groups is 1. The van der Waals surface area contributed by atoms with Gasteiger partial charge in [0.2, 0.25) is 0 Å². The van der Waals surface area contributed by atoms with Crippen molar-refractivity contribution in [3.05, 3.63) is 0 Å². The molecule has 1 aliphatic rings. The summed E-state index contributed by atoms with van der Waals surface area (Å²) in [5.41, 5.74) is 0. The minimum Gasteiger partial charge on any atom is -0.480 e. The molecule has 3 unspecified atom stereocenters. The lowest BCUT2D eigenvalue weighted by atomic mass is 10.1. The number of aliphatic hydroxyl groups excluding tert-OH is 1. The Labute approximate surface area is 106 Å². The summed E-state index contributed by atoms with van der Waals surface area (Å²) in [4.78, 5) is 20.5. The zero-order valence-corrected chi connectivity index (χ0v) is 10.9. The van der Waals surface area contributed by atoms with Gasteiger partial charge in [-0.05, 0) is 25.9 Å². The van der Waals surface area contributed by atoms with Crippen molar-refractivity contribution in [3.8, 4) is 0 Å². The first-order valence-electron chi connectivity index (χ1n) is 5.85. The number of carbonyl (C=O) groups is 2. The maximum absolute atomic E-state index is 10.3. The Bertz CT molecular complexity index is 271. The van der Waals surface area contributed by atoms with Gasteiger partial charge in [-0.2, -0.15) is 0 Å². The third kappa shape index (κ3) is 5.44. The molecule has 18 heavy (non-hydrogen) atoms. The van der Waals surface area contributed by atoms with E-state index in [1.807, 2.05) is 13.8 Å². The first-order valence-corrected chi connectivity index (χ1v) is 5.85. The van der Waals surface area contributed by atoms with E-state index in [1.165, 1.54) is 0 Å². The lowest BCUT2D eigenvalue weighted by Crippen LogP contribution is -2.38. The van der Waals surface area contributed by atoms with Crippen LogP contribution < -0.4 is 10.6 Å². The molecule has 0 amide bonds. The van der Waals surface area contributed by atoms with Gasteiger partial charge in [0.25, 0.3) is 0 Å². The number of carboxylic acid groups (broad SMARTS) is 2. The van der Waals surface area contributed by atoms with E-state index in [0.29, 0.717) is 13.0 Å². The van der Waals surface area contributed by atoms with Crippen LogP contribution in [0.3, 0.4) is 0 Å². The molecule has 1 rings (SSSR count). The highest BCUT2D eigenvalue weighted by Gasteiger charge is 2.30. The Hall–Kier alpha value is -1.18. The monoisotopic (exact) mass is 262 g/mol. The van der Waals surface area contributed by atoms with Gasteiger partial charge in [-0.15, -0.1) is 0 Å². The summed E-state index contributed by atoms with van der Waals surface area (Å²) in [6.45, 7) is 4.34. The van der Waals surface area contributed by atoms with Gasteiger partial charge in [-0.1, -0.05) is 13.8 Å². The fourth-order valence-electron chi connectivity index (χ4n) is 1.68. The molecule has 7 heteroatoms. The molecule has 0 saturated carbocycles. The van der Waals surface area contributed by atoms with E-state index >= 15 is 0 Å². The van der Waals surface area contributed by atoms with Gasteiger partial charge < -0.3 is 26.0 Å². The molecule has 0 radical (unpaired) electrons. The predicted molar refractivity (Wildman–Crippen MR) is 65.4 cm³/mol. The van der Waals surface area contributed by atoms with Gasteiger partial charge in [0.05, 0.1) is 6.10 Å². The number of likely N-dealkylation sites (N-methyl/N-ethyl adjacent to an activating group) is 1. The van der Waals surface area contributed by atoms with Crippen molar-refractivity contribution in [1.82, 2.24) is 10.6 Å². The van der Waals surface area contributed by atoms with Crippen LogP contribution in [0, 0.1) is 5.92 Å². The summed E-state index contributed by atoms with van der Waals surface area (Å²) in [6.07, 6.45) is -0.167. The molecule has 0 spiro atoms. The van der Waals surface area contributed by atoms with E-state index in [9.17, 15) is 9.59 Å². The summed E-state index contributed by atoms with van der Waals surface area (Å²) >= 11 is 0. The fraction of sp³-hybridized carbons (Fsp3) is 0.818. The molecule has 3 atom stereocenters. The summed E-state index contributed by atoms with van der Waals surface area (Å²) in [7, 11) is 1.65. The first kappa shape index (κ1) is 16.8. The Morgan fingerprint density at radius 3 is 2.00 bits per heavy atom. The zero-order valence-electron chi connectivity index (χ0n) is 10.9. The molecule has 1 saturated heterocycles. The highest BCUT2D eigenvalue weighted by Crippen LogP contribution is 2.05. The van der Waals surface area contributed by atoms with E-state index in [0.717, 1.165) is 0 Å². The Balaban J connectivity index is 0.000000321. The van der Waals surface area contributed by atoms with Gasteiger partial charge in [-0.25, -0.2) is 0 Å². The number of nitrogens with one attached hydrogen (secondary N) is 2. The van der Waals surface area contributed by atoms with Crippen LogP contribution in [0.15, 0.2) is 0 Å². The average Bonchev–Trinajstić information content (AvgIpc) is 2.65. The minimum atomic E-state index is -0.972. The molecule has 0 aromatic carbocycles. The van der Waals surface area contributed by atoms with Crippen molar-refractivity contribution < 1.29 is 24.9 Å². The standard InChI is InChI=1S/C6H13NO2.C5H9NO3/c1-4(2)5(7-3)6(8)9;7-3-1-2-6-4(3)5(8)9/h4-5,7H,1-3H3,(H,8,9);3-4,6-7H,1-2H2,(H,8,9). The fourth-order valence-corrected chi connectivity index (χ4v) is 1.68. The summed E-state index contributed by atoms with van der Waals surface area (Å²) in [5.74, 6) is -1.61. The predicted octanol–water partition coefficient (Wildman–Crippen LogP) is -0.891. The van der Waals surface area contributed by atoms with Crippen LogP contribution in [0.5, 0.6) is 0 Å². The maximum atomic E-state index is 10.3. The third-order valence-electron chi connectivity index (χ3n) is 2.70. The van der Waals surface area contributed by atoms with Crippen LogP contribution in [0.2, 0.25) is 0 Å². The van der Waals surface area contributed by atoms with Crippen LogP contribution in [-0.4, -0.2) is 59.0 Å². The second kappa shape index (κ2) is 8.02. The Morgan fingerprint density at radius 1 is 1.33 bits per heavy atom. The second-order valence-electron chi connectivity index (χ2n) is 4.47.